The zero-order valence-electron chi connectivity index (χ0n) is 18.0. The second-order valence-corrected chi connectivity index (χ2v) is 8.69. The van der Waals surface area contributed by atoms with Crippen molar-refractivity contribution in [2.45, 2.75) is 58.5 Å². The molecule has 2 N–H and O–H groups in total. The molecule has 160 valence electrons. The highest BCUT2D eigenvalue weighted by molar-refractivity contribution is 5.88. The third-order valence-corrected chi connectivity index (χ3v) is 6.19. The quantitative estimate of drug-likeness (QED) is 0.697. The van der Waals surface area contributed by atoms with E-state index in [1.165, 1.54) is 0 Å². The summed E-state index contributed by atoms with van der Waals surface area (Å²) in [5.41, 5.74) is 1.96. The summed E-state index contributed by atoms with van der Waals surface area (Å²) >= 11 is 0. The van der Waals surface area contributed by atoms with E-state index in [1.807, 2.05) is 42.5 Å². The van der Waals surface area contributed by atoms with Crippen molar-refractivity contribution in [1.29, 1.82) is 0 Å². The Labute approximate surface area is 179 Å². The molecule has 1 aliphatic rings. The molecule has 1 fully saturated rings. The van der Waals surface area contributed by atoms with E-state index < -0.39 is 6.04 Å². The predicted molar refractivity (Wildman–Crippen MR) is 118 cm³/mol. The van der Waals surface area contributed by atoms with Crippen molar-refractivity contribution in [3.8, 4) is 0 Å². The first-order valence-corrected chi connectivity index (χ1v) is 11.0. The number of carbonyl (C=O) groups is 2. The molecule has 1 aromatic heterocycles. The summed E-state index contributed by atoms with van der Waals surface area (Å²) in [4.78, 5) is 30.0. The molecule has 0 aliphatic heterocycles. The van der Waals surface area contributed by atoms with Gasteiger partial charge in [-0.05, 0) is 54.7 Å². The van der Waals surface area contributed by atoms with Crippen molar-refractivity contribution < 1.29 is 9.59 Å². The van der Waals surface area contributed by atoms with Crippen LogP contribution in [0.4, 0.5) is 0 Å². The molecule has 0 spiro atoms. The summed E-state index contributed by atoms with van der Waals surface area (Å²) in [6.45, 7) is 4.91. The fourth-order valence-electron chi connectivity index (χ4n) is 4.21. The summed E-state index contributed by atoms with van der Waals surface area (Å²) in [5, 5.41) is 6.00. The molecule has 0 radical (unpaired) electrons. The highest BCUT2D eigenvalue weighted by Crippen LogP contribution is 2.33. The maximum Gasteiger partial charge on any atom is 0.243 e. The molecule has 0 bridgehead atoms. The zero-order chi connectivity index (χ0) is 21.3. The van der Waals surface area contributed by atoms with Crippen LogP contribution in [0.1, 0.15) is 50.7 Å². The number of hydrogen-bond acceptors (Lipinski definition) is 3. The molecular weight excluding hydrogens is 374 g/mol. The van der Waals surface area contributed by atoms with Crippen LogP contribution in [0, 0.1) is 17.8 Å². The van der Waals surface area contributed by atoms with Gasteiger partial charge in [-0.15, -0.1) is 0 Å². The van der Waals surface area contributed by atoms with Crippen molar-refractivity contribution in [3.05, 3.63) is 66.0 Å². The minimum absolute atomic E-state index is 0.00407. The van der Waals surface area contributed by atoms with Crippen molar-refractivity contribution >= 4 is 11.8 Å². The molecule has 1 atom stereocenters. The Balaban J connectivity index is 1.62. The lowest BCUT2D eigenvalue weighted by Gasteiger charge is -2.31. The van der Waals surface area contributed by atoms with Crippen LogP contribution in [0.2, 0.25) is 0 Å². The van der Waals surface area contributed by atoms with Gasteiger partial charge in [-0.25, -0.2) is 0 Å². The Kier molecular flexibility index (Phi) is 8.00. The number of carbonyl (C=O) groups excluding carboxylic acids is 2. The van der Waals surface area contributed by atoms with Gasteiger partial charge in [-0.2, -0.15) is 0 Å². The first-order chi connectivity index (χ1) is 14.5. The second kappa shape index (κ2) is 10.9. The van der Waals surface area contributed by atoms with Crippen LogP contribution in [0.15, 0.2) is 54.9 Å². The third-order valence-electron chi connectivity index (χ3n) is 6.19. The number of rotatable bonds is 8. The smallest absolute Gasteiger partial charge is 0.243 e. The van der Waals surface area contributed by atoms with Crippen LogP contribution in [-0.4, -0.2) is 22.8 Å². The van der Waals surface area contributed by atoms with E-state index in [0.717, 1.165) is 36.8 Å². The van der Waals surface area contributed by atoms with Crippen LogP contribution in [0.25, 0.3) is 0 Å². The minimum Gasteiger partial charge on any atom is -0.350 e. The van der Waals surface area contributed by atoms with Gasteiger partial charge in [0.05, 0.1) is 0 Å². The van der Waals surface area contributed by atoms with Crippen molar-refractivity contribution in [2.75, 3.05) is 0 Å². The fraction of sp³-hybridized carbons (Fsp3) is 0.480. The summed E-state index contributed by atoms with van der Waals surface area (Å²) in [6.07, 6.45) is 7.91. The topological polar surface area (TPSA) is 71.1 Å². The van der Waals surface area contributed by atoms with Crippen LogP contribution in [0.5, 0.6) is 0 Å². The Hall–Kier alpha value is -2.69. The average Bonchev–Trinajstić information content (AvgIpc) is 2.78. The fourth-order valence-corrected chi connectivity index (χ4v) is 4.21. The number of nitrogens with zero attached hydrogens (tertiary/aromatic N) is 1. The zero-order valence-corrected chi connectivity index (χ0v) is 18.0. The van der Waals surface area contributed by atoms with Crippen LogP contribution < -0.4 is 10.6 Å². The normalized spacial score (nSPS) is 19.8. The van der Waals surface area contributed by atoms with Crippen LogP contribution >= 0.6 is 0 Å². The van der Waals surface area contributed by atoms with Crippen molar-refractivity contribution in [1.82, 2.24) is 15.6 Å². The molecule has 3 rings (SSSR count). The number of aromatic nitrogens is 1. The summed E-state index contributed by atoms with van der Waals surface area (Å²) in [5.74, 6) is 1.22. The number of amides is 2. The number of hydrogen-bond donors (Lipinski definition) is 2. The highest BCUT2D eigenvalue weighted by atomic mass is 16.2. The molecule has 0 saturated heterocycles. The monoisotopic (exact) mass is 407 g/mol. The molecule has 5 heteroatoms. The van der Waals surface area contributed by atoms with E-state index in [9.17, 15) is 9.59 Å². The van der Waals surface area contributed by atoms with Crippen LogP contribution in [-0.2, 0) is 22.6 Å². The standard InChI is InChI=1S/C25H33N3O2/c1-18(2)21-10-12-22(13-11-21)24(29)28-23(15-19-7-4-3-5-8-19)25(30)27-17-20-9-6-14-26-16-20/h3-9,14,16,18,21-23H,10-13,15,17H2,1-2H3,(H,27,30)(H,28,29)/t21?,22?,23-/m0/s1. The lowest BCUT2D eigenvalue weighted by Crippen LogP contribution is -2.49. The number of pyridine rings is 1. The SMILES string of the molecule is CC(C)C1CCC(C(=O)N[C@@H](Cc2ccccc2)C(=O)NCc2cccnc2)CC1. The Morgan fingerprint density at radius 3 is 2.33 bits per heavy atom. The molecule has 30 heavy (non-hydrogen) atoms. The largest absolute Gasteiger partial charge is 0.350 e. The maximum atomic E-state index is 13.0. The van der Waals surface area contributed by atoms with E-state index in [2.05, 4.69) is 29.5 Å². The van der Waals surface area contributed by atoms with Crippen molar-refractivity contribution in [3.63, 3.8) is 0 Å². The molecule has 1 aliphatic carbocycles. The lowest BCUT2D eigenvalue weighted by molar-refractivity contribution is -0.132. The predicted octanol–water partition coefficient (Wildman–Crippen LogP) is 3.89. The summed E-state index contributed by atoms with van der Waals surface area (Å²) in [6, 6.07) is 13.0. The summed E-state index contributed by atoms with van der Waals surface area (Å²) < 4.78 is 0. The van der Waals surface area contributed by atoms with Gasteiger partial charge in [0.25, 0.3) is 0 Å². The minimum atomic E-state index is -0.584. The van der Waals surface area contributed by atoms with E-state index >= 15 is 0 Å². The number of benzene rings is 1. The van der Waals surface area contributed by atoms with E-state index in [-0.39, 0.29) is 17.7 Å². The van der Waals surface area contributed by atoms with Gasteiger partial charge >= 0.3 is 0 Å². The highest BCUT2D eigenvalue weighted by Gasteiger charge is 2.30. The Bertz CT molecular complexity index is 800. The first kappa shape index (κ1) is 22.0. The number of nitrogens with one attached hydrogen (secondary N) is 2. The van der Waals surface area contributed by atoms with Gasteiger partial charge in [0.1, 0.15) is 6.04 Å². The first-order valence-electron chi connectivity index (χ1n) is 11.0. The summed E-state index contributed by atoms with van der Waals surface area (Å²) in [7, 11) is 0. The Morgan fingerprint density at radius 1 is 1.00 bits per heavy atom. The molecule has 5 nitrogen and oxygen atoms in total. The third kappa shape index (κ3) is 6.41. The maximum absolute atomic E-state index is 13.0. The molecular formula is C25H33N3O2. The molecule has 1 saturated carbocycles. The van der Waals surface area contributed by atoms with Gasteiger partial charge in [-0.1, -0.05) is 50.2 Å². The van der Waals surface area contributed by atoms with Gasteiger partial charge in [-0.3, -0.25) is 14.6 Å². The molecule has 0 unspecified atom stereocenters. The van der Waals surface area contributed by atoms with Crippen molar-refractivity contribution in [2.24, 2.45) is 17.8 Å². The lowest BCUT2D eigenvalue weighted by atomic mass is 9.76. The van der Waals surface area contributed by atoms with Gasteiger partial charge < -0.3 is 10.6 Å². The molecule has 1 aromatic carbocycles. The molecule has 1 heterocycles. The van der Waals surface area contributed by atoms with Gasteiger partial charge in [0.2, 0.25) is 11.8 Å². The van der Waals surface area contributed by atoms with Gasteiger partial charge in [0.15, 0.2) is 0 Å². The average molecular weight is 408 g/mol. The van der Waals surface area contributed by atoms with E-state index in [1.54, 1.807) is 12.4 Å². The molecule has 2 amide bonds. The molecule has 2 aromatic rings. The van der Waals surface area contributed by atoms with E-state index in [0.29, 0.717) is 24.8 Å². The van der Waals surface area contributed by atoms with E-state index in [4.69, 9.17) is 0 Å². The Morgan fingerprint density at radius 2 is 1.70 bits per heavy atom. The van der Waals surface area contributed by atoms with Crippen LogP contribution in [0.3, 0.4) is 0 Å². The van der Waals surface area contributed by atoms with Gasteiger partial charge in [0, 0.05) is 31.3 Å². The second-order valence-electron chi connectivity index (χ2n) is 8.69.